The number of ether oxygens (including phenoxy) is 1. The highest BCUT2D eigenvalue weighted by Crippen LogP contribution is 2.32. The molecule has 0 spiro atoms. The van der Waals surface area contributed by atoms with Crippen LogP contribution in [0.3, 0.4) is 0 Å². The molecule has 0 aromatic carbocycles. The molecule has 1 aliphatic heterocycles. The zero-order valence-corrected chi connectivity index (χ0v) is 10.8. The predicted molar refractivity (Wildman–Crippen MR) is 66.6 cm³/mol. The molecule has 4 nitrogen and oxygen atoms in total. The van der Waals surface area contributed by atoms with Crippen molar-refractivity contribution in [1.82, 2.24) is 0 Å². The molecule has 0 radical (unpaired) electrons. The fourth-order valence-corrected chi connectivity index (χ4v) is 2.26. The summed E-state index contributed by atoms with van der Waals surface area (Å²) in [6.07, 6.45) is 0. The highest BCUT2D eigenvalue weighted by Gasteiger charge is 2.40. The van der Waals surface area contributed by atoms with Crippen molar-refractivity contribution in [1.29, 1.82) is 5.41 Å². The summed E-state index contributed by atoms with van der Waals surface area (Å²) < 4.78 is 5.39. The molecule has 0 bridgehead atoms. The van der Waals surface area contributed by atoms with Crippen molar-refractivity contribution in [2.45, 2.75) is 39.8 Å². The van der Waals surface area contributed by atoms with Gasteiger partial charge in [0.1, 0.15) is 0 Å². The van der Waals surface area contributed by atoms with Crippen LogP contribution in [-0.2, 0) is 4.74 Å². The molecule has 1 fully saturated rings. The summed E-state index contributed by atoms with van der Waals surface area (Å²) in [6, 6.07) is -0.0288. The third-order valence-electron chi connectivity index (χ3n) is 3.49. The number of hydrogen-bond acceptors (Lipinski definition) is 4. The lowest BCUT2D eigenvalue weighted by Crippen LogP contribution is -2.55. The van der Waals surface area contributed by atoms with E-state index in [-0.39, 0.29) is 29.3 Å². The summed E-state index contributed by atoms with van der Waals surface area (Å²) in [4.78, 5) is 0. The molecule has 0 amide bonds. The number of hydrogen-bond donors (Lipinski definition) is 3. The first-order valence-corrected chi connectivity index (χ1v) is 5.91. The summed E-state index contributed by atoms with van der Waals surface area (Å²) in [5.41, 5.74) is 12.8. The second-order valence-electron chi connectivity index (χ2n) is 5.98. The molecule has 0 saturated carbocycles. The van der Waals surface area contributed by atoms with Crippen molar-refractivity contribution >= 4 is 5.71 Å². The highest BCUT2D eigenvalue weighted by atomic mass is 16.5. The third kappa shape index (κ3) is 2.81. The molecule has 1 rings (SSSR count). The minimum Gasteiger partial charge on any atom is -0.375 e. The van der Waals surface area contributed by atoms with E-state index < -0.39 is 0 Å². The van der Waals surface area contributed by atoms with Gasteiger partial charge in [-0.15, -0.1) is 0 Å². The third-order valence-corrected chi connectivity index (χ3v) is 3.49. The van der Waals surface area contributed by atoms with Crippen molar-refractivity contribution in [3.63, 3.8) is 0 Å². The number of nitrogens with one attached hydrogen (secondary N) is 1. The Kier molecular flexibility index (Phi) is 4.10. The molecule has 1 heterocycles. The van der Waals surface area contributed by atoms with Crippen LogP contribution < -0.4 is 11.5 Å². The fraction of sp³-hybridized carbons (Fsp3) is 0.917. The second-order valence-corrected chi connectivity index (χ2v) is 5.98. The van der Waals surface area contributed by atoms with Crippen molar-refractivity contribution < 1.29 is 4.74 Å². The predicted octanol–water partition coefficient (Wildman–Crippen LogP) is 0.989. The van der Waals surface area contributed by atoms with Crippen LogP contribution >= 0.6 is 0 Å². The lowest BCUT2D eigenvalue weighted by Gasteiger charge is -2.42. The van der Waals surface area contributed by atoms with Gasteiger partial charge in [0.05, 0.1) is 13.2 Å². The van der Waals surface area contributed by atoms with Crippen LogP contribution in [0.2, 0.25) is 0 Å². The fourth-order valence-electron chi connectivity index (χ4n) is 2.26. The molecular weight excluding hydrogens is 202 g/mol. The maximum absolute atomic E-state index is 8.02. The van der Waals surface area contributed by atoms with Gasteiger partial charge in [-0.05, 0) is 12.3 Å². The van der Waals surface area contributed by atoms with Crippen LogP contribution in [0.15, 0.2) is 0 Å². The molecule has 0 aromatic heterocycles. The van der Waals surface area contributed by atoms with Gasteiger partial charge in [0, 0.05) is 29.6 Å². The van der Waals surface area contributed by atoms with Crippen molar-refractivity contribution in [2.75, 3.05) is 13.2 Å². The van der Waals surface area contributed by atoms with Crippen LogP contribution in [-0.4, -0.2) is 31.0 Å². The molecule has 5 N–H and O–H groups in total. The SMILES string of the molecule is C[C@H](N)C1COCC(=N)C1C(N)C(C)(C)C. The Morgan fingerprint density at radius 3 is 2.38 bits per heavy atom. The first-order valence-electron chi connectivity index (χ1n) is 5.91. The van der Waals surface area contributed by atoms with E-state index in [1.54, 1.807) is 0 Å². The van der Waals surface area contributed by atoms with Gasteiger partial charge < -0.3 is 21.6 Å². The molecule has 0 aromatic rings. The zero-order valence-electron chi connectivity index (χ0n) is 10.8. The van der Waals surface area contributed by atoms with Crippen LogP contribution in [0.5, 0.6) is 0 Å². The summed E-state index contributed by atoms with van der Waals surface area (Å²) in [5, 5.41) is 8.02. The van der Waals surface area contributed by atoms with Gasteiger partial charge in [0.25, 0.3) is 0 Å². The Bertz CT molecular complexity index is 255. The Morgan fingerprint density at radius 2 is 1.94 bits per heavy atom. The van der Waals surface area contributed by atoms with Crippen LogP contribution in [0.1, 0.15) is 27.7 Å². The zero-order chi connectivity index (χ0) is 12.5. The molecule has 0 aliphatic carbocycles. The van der Waals surface area contributed by atoms with E-state index in [1.165, 1.54) is 0 Å². The van der Waals surface area contributed by atoms with Crippen molar-refractivity contribution in [3.8, 4) is 0 Å². The van der Waals surface area contributed by atoms with E-state index in [2.05, 4.69) is 20.8 Å². The number of rotatable bonds is 2. The molecule has 1 saturated heterocycles. The van der Waals surface area contributed by atoms with Crippen LogP contribution in [0.4, 0.5) is 0 Å². The Balaban J connectivity index is 2.90. The molecule has 94 valence electrons. The Hall–Kier alpha value is -0.450. The first kappa shape index (κ1) is 13.6. The Labute approximate surface area is 98.2 Å². The van der Waals surface area contributed by atoms with Gasteiger partial charge >= 0.3 is 0 Å². The molecule has 3 unspecified atom stereocenters. The standard InChI is InChI=1S/C12H25N3O/c1-7(13)8-5-16-6-9(14)10(8)11(15)12(2,3)4/h7-8,10-11,14H,5-6,13,15H2,1-4H3/t7-,8?,10?,11?/m0/s1. The smallest absolute Gasteiger partial charge is 0.0845 e. The van der Waals surface area contributed by atoms with Gasteiger partial charge in [0.15, 0.2) is 0 Å². The van der Waals surface area contributed by atoms with E-state index in [0.29, 0.717) is 18.9 Å². The monoisotopic (exact) mass is 227 g/mol. The van der Waals surface area contributed by atoms with E-state index in [0.717, 1.165) is 0 Å². The van der Waals surface area contributed by atoms with E-state index >= 15 is 0 Å². The molecule has 4 atom stereocenters. The molecule has 16 heavy (non-hydrogen) atoms. The van der Waals surface area contributed by atoms with Gasteiger partial charge in [0.2, 0.25) is 0 Å². The van der Waals surface area contributed by atoms with Gasteiger partial charge in [-0.25, -0.2) is 0 Å². The summed E-state index contributed by atoms with van der Waals surface area (Å²) in [7, 11) is 0. The largest absolute Gasteiger partial charge is 0.375 e. The van der Waals surface area contributed by atoms with Gasteiger partial charge in [-0.1, -0.05) is 20.8 Å². The van der Waals surface area contributed by atoms with Crippen LogP contribution in [0.25, 0.3) is 0 Å². The van der Waals surface area contributed by atoms with Gasteiger partial charge in [-0.2, -0.15) is 0 Å². The topological polar surface area (TPSA) is 85.1 Å². The van der Waals surface area contributed by atoms with E-state index in [9.17, 15) is 0 Å². The first-order chi connectivity index (χ1) is 7.25. The summed E-state index contributed by atoms with van der Waals surface area (Å²) in [6.45, 7) is 9.32. The quantitative estimate of drug-likeness (QED) is 0.657. The Morgan fingerprint density at radius 1 is 1.38 bits per heavy atom. The molecular formula is C12H25N3O. The van der Waals surface area contributed by atoms with Crippen molar-refractivity contribution in [3.05, 3.63) is 0 Å². The molecule has 1 aliphatic rings. The lowest BCUT2D eigenvalue weighted by atomic mass is 9.70. The van der Waals surface area contributed by atoms with E-state index in [4.69, 9.17) is 21.6 Å². The summed E-state index contributed by atoms with van der Waals surface area (Å²) in [5.74, 6) is 0.212. The van der Waals surface area contributed by atoms with Crippen LogP contribution in [0, 0.1) is 22.7 Å². The summed E-state index contributed by atoms with van der Waals surface area (Å²) >= 11 is 0. The second kappa shape index (κ2) is 4.82. The normalized spacial score (nSPS) is 31.2. The molecule has 4 heteroatoms. The highest BCUT2D eigenvalue weighted by molar-refractivity contribution is 5.86. The van der Waals surface area contributed by atoms with Gasteiger partial charge in [-0.3, -0.25) is 0 Å². The average Bonchev–Trinajstić information content (AvgIpc) is 2.14. The average molecular weight is 227 g/mol. The minimum absolute atomic E-state index is 0.0125. The number of nitrogens with two attached hydrogens (primary N) is 2. The van der Waals surface area contributed by atoms with E-state index in [1.807, 2.05) is 6.92 Å². The maximum Gasteiger partial charge on any atom is 0.0845 e. The lowest BCUT2D eigenvalue weighted by molar-refractivity contribution is 0.0564. The minimum atomic E-state index is -0.0418. The van der Waals surface area contributed by atoms with Crippen molar-refractivity contribution in [2.24, 2.45) is 28.7 Å². The maximum atomic E-state index is 8.02.